The van der Waals surface area contributed by atoms with Crippen molar-refractivity contribution in [2.45, 2.75) is 20.0 Å². The molecule has 0 bridgehead atoms. The summed E-state index contributed by atoms with van der Waals surface area (Å²) in [6, 6.07) is 23.2. The van der Waals surface area contributed by atoms with Crippen LogP contribution in [0.15, 0.2) is 78.9 Å². The molecule has 37 heavy (non-hydrogen) atoms. The number of aliphatic hydroxyl groups is 1. The second kappa shape index (κ2) is 12.1. The van der Waals surface area contributed by atoms with Crippen molar-refractivity contribution >= 4 is 34.4 Å². The average Bonchev–Trinajstić information content (AvgIpc) is 3.26. The van der Waals surface area contributed by atoms with Crippen molar-refractivity contribution in [1.29, 1.82) is 0 Å². The second-order valence-corrected chi connectivity index (χ2v) is 9.00. The molecule has 0 aliphatic rings. The number of carbonyl (C=O) groups excluding carboxylic acids is 2. The minimum absolute atomic E-state index is 0.0332. The van der Waals surface area contributed by atoms with Crippen LogP contribution in [0.4, 0.5) is 0 Å². The van der Waals surface area contributed by atoms with Crippen molar-refractivity contribution in [1.82, 2.24) is 14.8 Å². The molecule has 8 heteroatoms. The van der Waals surface area contributed by atoms with E-state index in [1.807, 2.05) is 50.2 Å². The van der Waals surface area contributed by atoms with E-state index in [2.05, 4.69) is 10.2 Å². The highest BCUT2D eigenvalue weighted by molar-refractivity contribution is 6.36. The van der Waals surface area contributed by atoms with Gasteiger partial charge in [0.05, 0.1) is 27.6 Å². The number of ether oxygens (including phenoxy) is 1. The number of halogens is 1. The van der Waals surface area contributed by atoms with Crippen molar-refractivity contribution in [3.8, 4) is 11.4 Å². The van der Waals surface area contributed by atoms with E-state index in [0.717, 1.165) is 13.1 Å². The first-order valence-electron chi connectivity index (χ1n) is 12.3. The Hall–Kier alpha value is -3.65. The van der Waals surface area contributed by atoms with E-state index in [-0.39, 0.29) is 18.0 Å². The SMILES string of the molecule is CCN(CC)CC(O)CNC(=O)c1c(OC(=O)c2ccccc2)c2c(Cl)cccc2n1-c1ccccc1. The number of fused-ring (bicyclic) bond motifs is 1. The van der Waals surface area contributed by atoms with E-state index in [0.29, 0.717) is 33.7 Å². The number of likely N-dealkylation sites (N-methyl/N-ethyl adjacent to an activating group) is 1. The van der Waals surface area contributed by atoms with Gasteiger partial charge in [-0.15, -0.1) is 0 Å². The number of para-hydroxylation sites is 1. The van der Waals surface area contributed by atoms with Crippen molar-refractivity contribution in [3.05, 3.63) is 95.1 Å². The molecule has 3 aromatic carbocycles. The molecule has 1 unspecified atom stereocenters. The number of benzene rings is 3. The largest absolute Gasteiger partial charge is 0.420 e. The number of hydrogen-bond acceptors (Lipinski definition) is 5. The van der Waals surface area contributed by atoms with Crippen LogP contribution < -0.4 is 10.1 Å². The Morgan fingerprint density at radius 1 is 0.973 bits per heavy atom. The van der Waals surface area contributed by atoms with Crippen molar-refractivity contribution in [2.75, 3.05) is 26.2 Å². The van der Waals surface area contributed by atoms with Crippen molar-refractivity contribution < 1.29 is 19.4 Å². The van der Waals surface area contributed by atoms with Gasteiger partial charge in [0.25, 0.3) is 5.91 Å². The number of carbonyl (C=O) groups is 2. The fourth-order valence-electron chi connectivity index (χ4n) is 4.28. The summed E-state index contributed by atoms with van der Waals surface area (Å²) in [5, 5.41) is 14.2. The highest BCUT2D eigenvalue weighted by atomic mass is 35.5. The number of aliphatic hydroxyl groups excluding tert-OH is 1. The Balaban J connectivity index is 1.80. The molecular weight excluding hydrogens is 490 g/mol. The zero-order chi connectivity index (χ0) is 26.4. The van der Waals surface area contributed by atoms with Gasteiger partial charge in [0.1, 0.15) is 0 Å². The lowest BCUT2D eigenvalue weighted by Gasteiger charge is -2.22. The first-order valence-corrected chi connectivity index (χ1v) is 12.7. The summed E-state index contributed by atoms with van der Waals surface area (Å²) in [5.41, 5.74) is 1.78. The summed E-state index contributed by atoms with van der Waals surface area (Å²) in [6.07, 6.45) is -0.766. The minimum atomic E-state index is -0.766. The monoisotopic (exact) mass is 519 g/mol. The zero-order valence-corrected chi connectivity index (χ0v) is 21.6. The molecule has 192 valence electrons. The van der Waals surface area contributed by atoms with Gasteiger partial charge in [-0.3, -0.25) is 4.79 Å². The highest BCUT2D eigenvalue weighted by Gasteiger charge is 2.29. The van der Waals surface area contributed by atoms with E-state index in [9.17, 15) is 14.7 Å². The number of amides is 1. The normalized spacial score (nSPS) is 12.0. The third kappa shape index (κ3) is 5.85. The Bertz CT molecular complexity index is 1370. The summed E-state index contributed by atoms with van der Waals surface area (Å²) in [4.78, 5) is 28.9. The Morgan fingerprint density at radius 3 is 2.27 bits per heavy atom. The number of nitrogens with zero attached hydrogens (tertiary/aromatic N) is 2. The molecule has 1 atom stereocenters. The highest BCUT2D eigenvalue weighted by Crippen LogP contribution is 2.40. The molecule has 1 amide bonds. The Labute approximate surface area is 221 Å². The van der Waals surface area contributed by atoms with Gasteiger partial charge in [-0.1, -0.05) is 67.9 Å². The second-order valence-electron chi connectivity index (χ2n) is 8.59. The zero-order valence-electron chi connectivity index (χ0n) is 20.9. The molecule has 0 fully saturated rings. The predicted molar refractivity (Wildman–Crippen MR) is 146 cm³/mol. The molecule has 0 radical (unpaired) electrons. The van der Waals surface area contributed by atoms with Gasteiger partial charge < -0.3 is 24.6 Å². The molecule has 2 N–H and O–H groups in total. The lowest BCUT2D eigenvalue weighted by Crippen LogP contribution is -2.40. The van der Waals surface area contributed by atoms with Gasteiger partial charge in [-0.2, -0.15) is 0 Å². The Kier molecular flexibility index (Phi) is 8.61. The number of nitrogens with one attached hydrogen (secondary N) is 1. The average molecular weight is 520 g/mol. The molecule has 0 spiro atoms. The summed E-state index contributed by atoms with van der Waals surface area (Å²) in [6.45, 7) is 6.08. The summed E-state index contributed by atoms with van der Waals surface area (Å²) in [5.74, 6) is -1.04. The molecule has 0 aliphatic carbocycles. The maximum absolute atomic E-state index is 13.7. The molecule has 0 saturated heterocycles. The van der Waals surface area contributed by atoms with Gasteiger partial charge in [0.15, 0.2) is 11.4 Å². The van der Waals surface area contributed by atoms with Crippen molar-refractivity contribution in [3.63, 3.8) is 0 Å². The van der Waals surface area contributed by atoms with Crippen LogP contribution in [0.25, 0.3) is 16.6 Å². The van der Waals surface area contributed by atoms with Crippen LogP contribution >= 0.6 is 11.6 Å². The molecule has 4 aromatic rings. The maximum atomic E-state index is 13.7. The van der Waals surface area contributed by atoms with Crippen LogP contribution in [-0.4, -0.2) is 58.7 Å². The maximum Gasteiger partial charge on any atom is 0.343 e. The van der Waals surface area contributed by atoms with Crippen LogP contribution in [0.2, 0.25) is 5.02 Å². The molecule has 1 aromatic heterocycles. The summed E-state index contributed by atoms with van der Waals surface area (Å²) >= 11 is 6.60. The lowest BCUT2D eigenvalue weighted by atomic mass is 10.2. The van der Waals surface area contributed by atoms with Crippen LogP contribution in [0.5, 0.6) is 5.75 Å². The fourth-order valence-corrected chi connectivity index (χ4v) is 4.53. The first-order chi connectivity index (χ1) is 17.9. The lowest BCUT2D eigenvalue weighted by molar-refractivity contribution is 0.0732. The van der Waals surface area contributed by atoms with Gasteiger partial charge in [-0.25, -0.2) is 4.79 Å². The summed E-state index contributed by atoms with van der Waals surface area (Å²) in [7, 11) is 0. The van der Waals surface area contributed by atoms with E-state index in [1.54, 1.807) is 47.0 Å². The molecular formula is C29H30ClN3O4. The van der Waals surface area contributed by atoms with Gasteiger partial charge >= 0.3 is 5.97 Å². The third-order valence-electron chi connectivity index (χ3n) is 6.19. The number of hydrogen-bond donors (Lipinski definition) is 2. The standard InChI is InChI=1S/C29H30ClN3O4/c1-3-32(4-2)19-22(34)18-31-28(35)26-27(37-29(36)20-12-7-5-8-13-20)25-23(30)16-11-17-24(25)33(26)21-14-9-6-10-15-21/h5-17,22,34H,3-4,18-19H2,1-2H3,(H,31,35). The predicted octanol–water partition coefficient (Wildman–Crippen LogP) is 4.94. The van der Waals surface area contributed by atoms with Crippen LogP contribution in [0.3, 0.4) is 0 Å². The smallest absolute Gasteiger partial charge is 0.343 e. The topological polar surface area (TPSA) is 83.8 Å². The Morgan fingerprint density at radius 2 is 1.62 bits per heavy atom. The van der Waals surface area contributed by atoms with Crippen molar-refractivity contribution in [2.24, 2.45) is 0 Å². The first kappa shape index (κ1) is 26.4. The number of esters is 1. The third-order valence-corrected chi connectivity index (χ3v) is 6.51. The van der Waals surface area contributed by atoms with E-state index in [1.165, 1.54) is 0 Å². The van der Waals surface area contributed by atoms with Gasteiger partial charge in [0.2, 0.25) is 0 Å². The quantitative estimate of drug-likeness (QED) is 0.290. The summed E-state index contributed by atoms with van der Waals surface area (Å²) < 4.78 is 7.60. The molecule has 7 nitrogen and oxygen atoms in total. The minimum Gasteiger partial charge on any atom is -0.420 e. The fraction of sp³-hybridized carbons (Fsp3) is 0.241. The molecule has 4 rings (SSSR count). The van der Waals surface area contributed by atoms with Crippen LogP contribution in [0.1, 0.15) is 34.7 Å². The van der Waals surface area contributed by atoms with E-state index in [4.69, 9.17) is 16.3 Å². The van der Waals surface area contributed by atoms with Gasteiger partial charge in [-0.05, 0) is 49.5 Å². The van der Waals surface area contributed by atoms with Crippen LogP contribution in [0, 0.1) is 0 Å². The van der Waals surface area contributed by atoms with E-state index >= 15 is 0 Å². The van der Waals surface area contributed by atoms with Crippen LogP contribution in [-0.2, 0) is 0 Å². The molecule has 1 heterocycles. The number of aromatic nitrogens is 1. The van der Waals surface area contributed by atoms with Gasteiger partial charge in [0, 0.05) is 18.8 Å². The number of rotatable bonds is 10. The molecule has 0 saturated carbocycles. The van der Waals surface area contributed by atoms with E-state index < -0.39 is 18.0 Å². The molecule has 0 aliphatic heterocycles.